The van der Waals surface area contributed by atoms with E-state index in [2.05, 4.69) is 24.3 Å². The van der Waals surface area contributed by atoms with Crippen LogP contribution in [0.3, 0.4) is 0 Å². The molecular formula is C15H16OSe. The third-order valence-corrected chi connectivity index (χ3v) is 4.98. The molecular weight excluding hydrogens is 275 g/mol. The molecule has 0 saturated carbocycles. The first-order valence-electron chi connectivity index (χ1n) is 5.69. The summed E-state index contributed by atoms with van der Waals surface area (Å²) in [5, 5.41) is 11.0. The van der Waals surface area contributed by atoms with E-state index < -0.39 is 0 Å². The zero-order valence-corrected chi connectivity index (χ0v) is 11.5. The summed E-state index contributed by atoms with van der Waals surface area (Å²) >= 11 is 0.336. The van der Waals surface area contributed by atoms with Crippen molar-refractivity contribution in [2.75, 3.05) is 0 Å². The van der Waals surface area contributed by atoms with Gasteiger partial charge in [0.15, 0.2) is 0 Å². The second-order valence-electron chi connectivity index (χ2n) is 4.00. The van der Waals surface area contributed by atoms with Gasteiger partial charge in [0.05, 0.1) is 0 Å². The van der Waals surface area contributed by atoms with E-state index in [0.29, 0.717) is 15.0 Å². The van der Waals surface area contributed by atoms with Crippen LogP contribution in [0.2, 0.25) is 5.32 Å². The maximum atomic E-state index is 10.2. The zero-order valence-electron chi connectivity index (χ0n) is 9.84. The number of aliphatic hydroxyl groups excluding tert-OH is 1. The molecule has 88 valence electrons. The van der Waals surface area contributed by atoms with Crippen molar-refractivity contribution in [2.24, 2.45) is 0 Å². The van der Waals surface area contributed by atoms with Crippen molar-refractivity contribution in [3.05, 3.63) is 65.7 Å². The maximum absolute atomic E-state index is 10.2. The predicted molar refractivity (Wildman–Crippen MR) is 72.8 cm³/mol. The number of rotatable bonds is 4. The molecule has 1 N–H and O–H groups in total. The standard InChI is InChI=1S/C15H16OSe/c1-12-7-5-6-10-14(12)15(16)11-17-13-8-3-2-4-9-13/h2-10,15-16H,11H2,1H3. The van der Waals surface area contributed by atoms with E-state index in [0.717, 1.165) is 10.9 Å². The Morgan fingerprint density at radius 2 is 1.65 bits per heavy atom. The van der Waals surface area contributed by atoms with E-state index in [-0.39, 0.29) is 6.10 Å². The molecule has 0 radical (unpaired) electrons. The number of benzene rings is 2. The number of hydrogen-bond donors (Lipinski definition) is 1. The third-order valence-electron chi connectivity index (χ3n) is 2.70. The molecule has 0 heterocycles. The Balaban J connectivity index is 1.99. The third kappa shape index (κ3) is 3.44. The van der Waals surface area contributed by atoms with E-state index in [1.807, 2.05) is 37.3 Å². The molecule has 2 heteroatoms. The summed E-state index contributed by atoms with van der Waals surface area (Å²) in [7, 11) is 0. The summed E-state index contributed by atoms with van der Waals surface area (Å²) in [6.07, 6.45) is -0.337. The zero-order chi connectivity index (χ0) is 12.1. The van der Waals surface area contributed by atoms with Crippen molar-refractivity contribution >= 4 is 19.4 Å². The quantitative estimate of drug-likeness (QED) is 0.858. The van der Waals surface area contributed by atoms with Gasteiger partial charge in [0.1, 0.15) is 0 Å². The van der Waals surface area contributed by atoms with E-state index in [9.17, 15) is 5.11 Å². The Kier molecular flexibility index (Phi) is 4.38. The number of aryl methyl sites for hydroxylation is 1. The molecule has 1 atom stereocenters. The van der Waals surface area contributed by atoms with Gasteiger partial charge in [0.25, 0.3) is 0 Å². The van der Waals surface area contributed by atoms with Crippen molar-refractivity contribution in [1.29, 1.82) is 0 Å². The first kappa shape index (κ1) is 12.4. The Morgan fingerprint density at radius 3 is 2.35 bits per heavy atom. The Hall–Kier alpha value is -1.08. The van der Waals surface area contributed by atoms with Crippen molar-refractivity contribution in [2.45, 2.75) is 18.3 Å². The van der Waals surface area contributed by atoms with Gasteiger partial charge in [-0.2, -0.15) is 0 Å². The molecule has 1 nitrogen and oxygen atoms in total. The van der Waals surface area contributed by atoms with Crippen LogP contribution in [0.15, 0.2) is 54.6 Å². The van der Waals surface area contributed by atoms with Gasteiger partial charge in [-0.3, -0.25) is 0 Å². The van der Waals surface area contributed by atoms with E-state index >= 15 is 0 Å². The Bertz CT molecular complexity index is 467. The summed E-state index contributed by atoms with van der Waals surface area (Å²) in [5.74, 6) is 0. The average molecular weight is 291 g/mol. The molecule has 17 heavy (non-hydrogen) atoms. The summed E-state index contributed by atoms with van der Waals surface area (Å²) in [5.41, 5.74) is 2.23. The first-order chi connectivity index (χ1) is 8.27. The topological polar surface area (TPSA) is 20.2 Å². The van der Waals surface area contributed by atoms with Crippen LogP contribution in [0.25, 0.3) is 0 Å². The molecule has 0 aliphatic heterocycles. The second kappa shape index (κ2) is 6.02. The van der Waals surface area contributed by atoms with Gasteiger partial charge in [-0.25, -0.2) is 0 Å². The molecule has 2 aromatic carbocycles. The van der Waals surface area contributed by atoms with Crippen molar-refractivity contribution in [3.8, 4) is 0 Å². The fourth-order valence-corrected chi connectivity index (χ4v) is 3.59. The molecule has 0 saturated heterocycles. The molecule has 0 aliphatic rings. The van der Waals surface area contributed by atoms with Crippen LogP contribution in [-0.2, 0) is 0 Å². The van der Waals surface area contributed by atoms with Crippen LogP contribution < -0.4 is 4.46 Å². The molecule has 0 spiro atoms. The van der Waals surface area contributed by atoms with Crippen molar-refractivity contribution in [3.63, 3.8) is 0 Å². The monoisotopic (exact) mass is 292 g/mol. The van der Waals surface area contributed by atoms with Gasteiger partial charge < -0.3 is 0 Å². The average Bonchev–Trinajstić information content (AvgIpc) is 2.38. The fraction of sp³-hybridized carbons (Fsp3) is 0.200. The van der Waals surface area contributed by atoms with Gasteiger partial charge in [0, 0.05) is 0 Å². The van der Waals surface area contributed by atoms with E-state index in [4.69, 9.17) is 0 Å². The van der Waals surface area contributed by atoms with Gasteiger partial charge in [0.2, 0.25) is 0 Å². The fourth-order valence-electron chi connectivity index (χ4n) is 1.74. The van der Waals surface area contributed by atoms with Crippen molar-refractivity contribution < 1.29 is 5.11 Å². The SMILES string of the molecule is Cc1ccccc1C(O)C[Se]c1ccccc1. The first-order valence-corrected chi connectivity index (χ1v) is 7.75. The van der Waals surface area contributed by atoms with Gasteiger partial charge >= 0.3 is 109 Å². The minimum atomic E-state index is -0.337. The summed E-state index contributed by atoms with van der Waals surface area (Å²) < 4.78 is 1.34. The molecule has 0 aliphatic carbocycles. The summed E-state index contributed by atoms with van der Waals surface area (Å²) in [4.78, 5) is 0. The van der Waals surface area contributed by atoms with E-state index in [1.165, 1.54) is 10.0 Å². The molecule has 0 bridgehead atoms. The van der Waals surface area contributed by atoms with Gasteiger partial charge in [-0.1, -0.05) is 0 Å². The molecule has 2 rings (SSSR count). The molecule has 1 unspecified atom stereocenters. The second-order valence-corrected chi connectivity index (χ2v) is 6.29. The summed E-state index contributed by atoms with van der Waals surface area (Å²) in [6, 6.07) is 18.4. The van der Waals surface area contributed by atoms with Crippen LogP contribution >= 0.6 is 0 Å². The van der Waals surface area contributed by atoms with Gasteiger partial charge in [-0.05, 0) is 0 Å². The summed E-state index contributed by atoms with van der Waals surface area (Å²) in [6.45, 7) is 2.05. The Labute approximate surface area is 109 Å². The van der Waals surface area contributed by atoms with Crippen molar-refractivity contribution in [1.82, 2.24) is 0 Å². The molecule has 0 aromatic heterocycles. The van der Waals surface area contributed by atoms with Crippen LogP contribution in [0, 0.1) is 6.92 Å². The number of hydrogen-bond acceptors (Lipinski definition) is 1. The van der Waals surface area contributed by atoms with E-state index in [1.54, 1.807) is 0 Å². The number of aliphatic hydroxyl groups is 1. The normalized spacial score (nSPS) is 12.4. The minimum absolute atomic E-state index is 0.336. The molecule has 0 amide bonds. The van der Waals surface area contributed by atoms with Crippen LogP contribution in [0.5, 0.6) is 0 Å². The van der Waals surface area contributed by atoms with Crippen LogP contribution in [-0.4, -0.2) is 20.1 Å². The van der Waals surface area contributed by atoms with Crippen LogP contribution in [0.4, 0.5) is 0 Å². The molecule has 2 aromatic rings. The predicted octanol–water partition coefficient (Wildman–Crippen LogP) is 2.48. The Morgan fingerprint density at radius 1 is 1.00 bits per heavy atom. The molecule has 0 fully saturated rings. The van der Waals surface area contributed by atoms with Gasteiger partial charge in [-0.15, -0.1) is 0 Å². The van der Waals surface area contributed by atoms with Crippen LogP contribution in [0.1, 0.15) is 17.2 Å².